The third-order valence-electron chi connectivity index (χ3n) is 4.14. The van der Waals surface area contributed by atoms with Crippen molar-refractivity contribution in [3.8, 4) is 0 Å². The van der Waals surface area contributed by atoms with Crippen molar-refractivity contribution >= 4 is 16.0 Å². The molecule has 0 amide bonds. The Morgan fingerprint density at radius 3 is 2.17 bits per heavy atom. The zero-order valence-corrected chi connectivity index (χ0v) is 16.1. The molecule has 0 bridgehead atoms. The Balaban J connectivity index is 2.99. The lowest BCUT2D eigenvalue weighted by Gasteiger charge is -2.30. The van der Waals surface area contributed by atoms with Crippen LogP contribution in [-0.2, 0) is 10.0 Å². The van der Waals surface area contributed by atoms with Gasteiger partial charge in [0.25, 0.3) is 0 Å². The van der Waals surface area contributed by atoms with Crippen LogP contribution in [0.5, 0.6) is 0 Å². The van der Waals surface area contributed by atoms with E-state index in [0.717, 1.165) is 0 Å². The lowest BCUT2D eigenvalue weighted by Crippen LogP contribution is -2.42. The molecule has 0 heterocycles. The fraction of sp³-hybridized carbons (Fsp3) is 0.588. The van der Waals surface area contributed by atoms with E-state index in [-0.39, 0.29) is 17.0 Å². The minimum Gasteiger partial charge on any atom is -0.478 e. The van der Waals surface area contributed by atoms with Gasteiger partial charge in [0, 0.05) is 25.2 Å². The molecule has 0 aliphatic carbocycles. The highest BCUT2D eigenvalue weighted by atomic mass is 32.2. The van der Waals surface area contributed by atoms with E-state index in [1.54, 1.807) is 13.8 Å². The fourth-order valence-corrected chi connectivity index (χ4v) is 4.09. The minimum atomic E-state index is -3.76. The molecule has 0 aliphatic rings. The molecule has 0 radical (unpaired) electrons. The van der Waals surface area contributed by atoms with Gasteiger partial charge >= 0.3 is 5.97 Å². The van der Waals surface area contributed by atoms with E-state index in [4.69, 9.17) is 5.11 Å². The second-order valence-electron chi connectivity index (χ2n) is 6.54. The summed E-state index contributed by atoms with van der Waals surface area (Å²) in [4.78, 5) is 13.4. The van der Waals surface area contributed by atoms with Crippen molar-refractivity contribution in [1.29, 1.82) is 0 Å². The van der Waals surface area contributed by atoms with E-state index in [9.17, 15) is 13.2 Å². The van der Waals surface area contributed by atoms with Gasteiger partial charge in [0.1, 0.15) is 0 Å². The molecular formula is C17H28N2O4S. The largest absolute Gasteiger partial charge is 0.478 e. The maximum absolute atomic E-state index is 12.6. The van der Waals surface area contributed by atoms with Gasteiger partial charge in [-0.1, -0.05) is 0 Å². The third-order valence-corrected chi connectivity index (χ3v) is 5.73. The summed E-state index contributed by atoms with van der Waals surface area (Å²) in [6.07, 6.45) is 0. The average molecular weight is 356 g/mol. The highest BCUT2D eigenvalue weighted by Gasteiger charge is 2.21. The summed E-state index contributed by atoms with van der Waals surface area (Å²) in [5, 5.41) is 9.14. The number of benzene rings is 1. The molecular weight excluding hydrogens is 328 g/mol. The Labute approximate surface area is 144 Å². The first-order valence-corrected chi connectivity index (χ1v) is 9.55. The average Bonchev–Trinajstić information content (AvgIpc) is 2.44. The summed E-state index contributed by atoms with van der Waals surface area (Å²) in [5.74, 6) is -1.14. The second kappa shape index (κ2) is 8.09. The monoisotopic (exact) mass is 356 g/mol. The smallest absolute Gasteiger partial charge is 0.335 e. The highest BCUT2D eigenvalue weighted by molar-refractivity contribution is 7.89. The van der Waals surface area contributed by atoms with Crippen molar-refractivity contribution in [2.45, 2.75) is 58.5 Å². The molecule has 1 aromatic rings. The Bertz CT molecular complexity index is 689. The van der Waals surface area contributed by atoms with Crippen molar-refractivity contribution in [1.82, 2.24) is 9.62 Å². The quantitative estimate of drug-likeness (QED) is 0.747. The summed E-state index contributed by atoms with van der Waals surface area (Å²) in [6, 6.07) is 3.33. The van der Waals surface area contributed by atoms with Crippen LogP contribution < -0.4 is 4.72 Å². The molecule has 0 saturated carbocycles. The number of nitrogens with one attached hydrogen (secondary N) is 1. The van der Waals surface area contributed by atoms with Gasteiger partial charge in [0.2, 0.25) is 10.0 Å². The Morgan fingerprint density at radius 2 is 1.71 bits per heavy atom. The summed E-state index contributed by atoms with van der Waals surface area (Å²) in [6.45, 7) is 12.5. The molecule has 0 aliphatic heterocycles. The molecule has 0 spiro atoms. The summed E-state index contributed by atoms with van der Waals surface area (Å²) in [5.41, 5.74) is 1.18. The van der Waals surface area contributed by atoms with Gasteiger partial charge < -0.3 is 5.11 Å². The Kier molecular flexibility index (Phi) is 6.95. The number of carboxylic acids is 1. The van der Waals surface area contributed by atoms with Gasteiger partial charge in [-0.25, -0.2) is 17.9 Å². The van der Waals surface area contributed by atoms with E-state index < -0.39 is 16.0 Å². The summed E-state index contributed by atoms with van der Waals surface area (Å²) in [7, 11) is -3.76. The first-order valence-electron chi connectivity index (χ1n) is 8.07. The number of aryl methyl sites for hydroxylation is 1. The molecule has 0 aromatic heterocycles. The van der Waals surface area contributed by atoms with Crippen molar-refractivity contribution in [3.63, 3.8) is 0 Å². The minimum absolute atomic E-state index is 0.0236. The van der Waals surface area contributed by atoms with Gasteiger partial charge in [0.15, 0.2) is 0 Å². The molecule has 0 unspecified atom stereocenters. The molecule has 0 atom stereocenters. The van der Waals surface area contributed by atoms with Crippen LogP contribution in [0.2, 0.25) is 0 Å². The number of rotatable bonds is 8. The van der Waals surface area contributed by atoms with Crippen LogP contribution in [-0.4, -0.2) is 49.6 Å². The van der Waals surface area contributed by atoms with Gasteiger partial charge in [-0.05, 0) is 64.8 Å². The van der Waals surface area contributed by atoms with Gasteiger partial charge in [-0.3, -0.25) is 4.90 Å². The number of carboxylic acid groups (broad SMARTS) is 1. The van der Waals surface area contributed by atoms with E-state index in [2.05, 4.69) is 37.3 Å². The fourth-order valence-electron chi connectivity index (χ4n) is 2.73. The van der Waals surface area contributed by atoms with E-state index in [1.165, 1.54) is 12.1 Å². The zero-order valence-electron chi connectivity index (χ0n) is 15.3. The zero-order chi connectivity index (χ0) is 18.7. The maximum Gasteiger partial charge on any atom is 0.335 e. The molecule has 7 heteroatoms. The standard InChI is InChI=1S/C17H28N2O4S/c1-11(2)19(12(3)4)8-7-18-24(22,23)16-10-15(17(20)21)9-13(5)14(16)6/h9-12,18H,7-8H2,1-6H3,(H,20,21). The van der Waals surface area contributed by atoms with Gasteiger partial charge in [0.05, 0.1) is 10.5 Å². The lowest BCUT2D eigenvalue weighted by atomic mass is 10.1. The normalized spacial score (nSPS) is 12.4. The first-order chi connectivity index (χ1) is 11.0. The number of hydrogen-bond acceptors (Lipinski definition) is 4. The summed E-state index contributed by atoms with van der Waals surface area (Å²) >= 11 is 0. The molecule has 24 heavy (non-hydrogen) atoms. The number of hydrogen-bond donors (Lipinski definition) is 2. The van der Waals surface area contributed by atoms with E-state index in [1.807, 2.05) is 0 Å². The van der Waals surface area contributed by atoms with Crippen molar-refractivity contribution in [3.05, 3.63) is 28.8 Å². The Morgan fingerprint density at radius 1 is 1.17 bits per heavy atom. The van der Waals surface area contributed by atoms with Crippen molar-refractivity contribution < 1.29 is 18.3 Å². The maximum atomic E-state index is 12.6. The van der Waals surface area contributed by atoms with Crippen LogP contribution in [0.4, 0.5) is 0 Å². The highest BCUT2D eigenvalue weighted by Crippen LogP contribution is 2.21. The van der Waals surface area contributed by atoms with Gasteiger partial charge in [-0.15, -0.1) is 0 Å². The lowest BCUT2D eigenvalue weighted by molar-refractivity contribution is 0.0696. The van der Waals surface area contributed by atoms with E-state index >= 15 is 0 Å². The second-order valence-corrected chi connectivity index (χ2v) is 8.28. The van der Waals surface area contributed by atoms with Crippen LogP contribution in [0.1, 0.15) is 49.2 Å². The first kappa shape index (κ1) is 20.6. The molecule has 2 N–H and O–H groups in total. The van der Waals surface area contributed by atoms with Crippen molar-refractivity contribution in [2.75, 3.05) is 13.1 Å². The molecule has 6 nitrogen and oxygen atoms in total. The topological polar surface area (TPSA) is 86.7 Å². The number of aromatic carboxylic acids is 1. The molecule has 0 fully saturated rings. The van der Waals surface area contributed by atoms with Crippen LogP contribution in [0.25, 0.3) is 0 Å². The van der Waals surface area contributed by atoms with Crippen LogP contribution in [0.15, 0.2) is 17.0 Å². The predicted octanol–water partition coefficient (Wildman–Crippen LogP) is 2.40. The molecule has 1 aromatic carbocycles. The van der Waals surface area contributed by atoms with Gasteiger partial charge in [-0.2, -0.15) is 0 Å². The van der Waals surface area contributed by atoms with Crippen LogP contribution in [0.3, 0.4) is 0 Å². The van der Waals surface area contributed by atoms with Crippen LogP contribution >= 0.6 is 0 Å². The predicted molar refractivity (Wildman–Crippen MR) is 95.0 cm³/mol. The number of carbonyl (C=O) groups is 1. The van der Waals surface area contributed by atoms with Crippen molar-refractivity contribution in [2.24, 2.45) is 0 Å². The third kappa shape index (κ3) is 5.03. The molecule has 1 rings (SSSR count). The number of nitrogens with zero attached hydrogens (tertiary/aromatic N) is 1. The number of sulfonamides is 1. The van der Waals surface area contributed by atoms with Crippen LogP contribution in [0, 0.1) is 13.8 Å². The molecule has 0 saturated heterocycles. The van der Waals surface area contributed by atoms with E-state index in [0.29, 0.717) is 29.8 Å². The molecule has 136 valence electrons. The summed E-state index contributed by atoms with van der Waals surface area (Å²) < 4.78 is 27.7. The Hall–Kier alpha value is -1.44. The SMILES string of the molecule is Cc1cc(C(=O)O)cc(S(=O)(=O)NCCN(C(C)C)C(C)C)c1C.